The Balaban J connectivity index is 0.000000197. The van der Waals surface area contributed by atoms with Gasteiger partial charge < -0.3 is 40.7 Å². The van der Waals surface area contributed by atoms with Gasteiger partial charge in [-0.1, -0.05) is 48.5 Å². The summed E-state index contributed by atoms with van der Waals surface area (Å²) in [4.78, 5) is 85.8. The van der Waals surface area contributed by atoms with E-state index in [0.717, 1.165) is 25.7 Å². The molecule has 5 N–H and O–H groups in total. The third kappa shape index (κ3) is 11.2. The molecule has 4 aromatic carbocycles. The van der Waals surface area contributed by atoms with Crippen LogP contribution in [0.3, 0.4) is 0 Å². The number of amides is 5. The van der Waals surface area contributed by atoms with Crippen LogP contribution in [0.4, 0.5) is 11.4 Å². The highest BCUT2D eigenvalue weighted by atomic mass is 16.5. The number of aromatic nitrogens is 2. The van der Waals surface area contributed by atoms with E-state index in [4.69, 9.17) is 9.47 Å². The van der Waals surface area contributed by atoms with Crippen LogP contribution < -0.4 is 21.3 Å². The second kappa shape index (κ2) is 21.9. The number of nitrogens with one attached hydrogen (secondary N) is 4. The van der Waals surface area contributed by atoms with E-state index in [0.29, 0.717) is 95.3 Å². The first kappa shape index (κ1) is 46.4. The third-order valence-corrected chi connectivity index (χ3v) is 11.5. The van der Waals surface area contributed by atoms with Crippen molar-refractivity contribution in [3.63, 3.8) is 0 Å². The predicted octanol–water partition coefficient (Wildman–Crippen LogP) is 6.69. The highest BCUT2D eigenvalue weighted by molar-refractivity contribution is 6.19. The number of nitrogens with zero attached hydrogens (tertiary/aromatic N) is 3. The lowest BCUT2D eigenvalue weighted by Gasteiger charge is -2.22. The number of pyridine rings is 2. The maximum absolute atomic E-state index is 13.2. The van der Waals surface area contributed by atoms with Crippen molar-refractivity contribution in [3.8, 4) is 0 Å². The molecule has 2 aromatic heterocycles. The van der Waals surface area contributed by atoms with Crippen LogP contribution in [0.5, 0.6) is 0 Å². The van der Waals surface area contributed by atoms with Gasteiger partial charge in [0.25, 0.3) is 29.5 Å². The first-order chi connectivity index (χ1) is 32.0. The zero-order valence-corrected chi connectivity index (χ0v) is 36.7. The van der Waals surface area contributed by atoms with Crippen LogP contribution in [-0.2, 0) is 9.47 Å². The number of ether oxygens (including phenoxy) is 2. The minimum atomic E-state index is -1.07. The average molecular weight is 894 g/mol. The molecule has 0 atom stereocenters. The van der Waals surface area contributed by atoms with E-state index in [2.05, 4.69) is 31.2 Å². The second-order valence-corrected chi connectivity index (χ2v) is 16.2. The summed E-state index contributed by atoms with van der Waals surface area (Å²) in [7, 11) is 3.38. The molecular formula is C50H51N7O9. The van der Waals surface area contributed by atoms with E-state index < -0.39 is 11.9 Å². The summed E-state index contributed by atoms with van der Waals surface area (Å²) >= 11 is 0. The van der Waals surface area contributed by atoms with Gasteiger partial charge >= 0.3 is 5.97 Å². The van der Waals surface area contributed by atoms with Gasteiger partial charge in [0.1, 0.15) is 0 Å². The fourth-order valence-corrected chi connectivity index (χ4v) is 7.90. The molecule has 0 unspecified atom stereocenters. The molecule has 0 radical (unpaired) electrons. The molecule has 0 saturated carbocycles. The highest BCUT2D eigenvalue weighted by Crippen LogP contribution is 2.27. The molecule has 2 aliphatic heterocycles. The standard InChI is InChI=1S/C26H28N4O4.C24H23N3O5/c1-30(2)26(33)21-10-9-20(18-6-3-4-7-19(18)21)24(31)29-22-8-5-13-27-23(22)25(32)28-16-17-11-14-34-15-12-17;28-22(18-7-8-19(24(30)31)17-5-2-1-4-16(17)18)27-20-6-3-11-25-21(20)23(29)26-14-15-9-12-32-13-10-15/h3-10,13,17H,11-12,14-16H2,1-2H3,(H,28,32)(H,29,31);1-8,11,15H,9-10,12-14H2,(H,26,29)(H,27,28)(H,30,31). The molecule has 2 aliphatic rings. The lowest BCUT2D eigenvalue weighted by atomic mass is 9.98. The van der Waals surface area contributed by atoms with Gasteiger partial charge in [0.15, 0.2) is 11.4 Å². The van der Waals surface area contributed by atoms with Crippen LogP contribution in [0, 0.1) is 11.8 Å². The fourth-order valence-electron chi connectivity index (χ4n) is 7.90. The number of carboxylic acids is 1. The molecule has 66 heavy (non-hydrogen) atoms. The summed E-state index contributed by atoms with van der Waals surface area (Å²) in [6.45, 7) is 3.86. The van der Waals surface area contributed by atoms with Crippen molar-refractivity contribution in [1.29, 1.82) is 0 Å². The van der Waals surface area contributed by atoms with Gasteiger partial charge in [0.2, 0.25) is 0 Å². The summed E-state index contributed by atoms with van der Waals surface area (Å²) in [5.41, 5.74) is 2.25. The van der Waals surface area contributed by atoms with Crippen LogP contribution >= 0.6 is 0 Å². The number of hydrogen-bond acceptors (Lipinski definition) is 10. The maximum atomic E-state index is 13.2. The average Bonchev–Trinajstić information content (AvgIpc) is 3.35. The summed E-state index contributed by atoms with van der Waals surface area (Å²) in [6.07, 6.45) is 6.63. The van der Waals surface area contributed by atoms with Crippen molar-refractivity contribution >= 4 is 68.4 Å². The van der Waals surface area contributed by atoms with Crippen molar-refractivity contribution < 1.29 is 43.3 Å². The van der Waals surface area contributed by atoms with E-state index in [9.17, 15) is 33.9 Å². The Hall–Kier alpha value is -7.56. The number of benzene rings is 4. The van der Waals surface area contributed by atoms with Gasteiger partial charge in [-0.25, -0.2) is 14.8 Å². The van der Waals surface area contributed by atoms with E-state index in [-0.39, 0.29) is 46.3 Å². The molecule has 2 fully saturated rings. The Morgan fingerprint density at radius 1 is 0.530 bits per heavy atom. The molecule has 16 nitrogen and oxygen atoms in total. The number of fused-ring (bicyclic) bond motifs is 2. The normalized spacial score (nSPS) is 14.0. The fraction of sp³-hybridized carbons (Fsp3) is 0.280. The van der Waals surface area contributed by atoms with Gasteiger partial charge in [-0.2, -0.15) is 0 Å². The molecule has 5 amide bonds. The summed E-state index contributed by atoms with van der Waals surface area (Å²) in [5, 5.41) is 23.2. The number of anilines is 2. The van der Waals surface area contributed by atoms with Gasteiger partial charge in [-0.15, -0.1) is 0 Å². The van der Waals surface area contributed by atoms with Crippen LogP contribution in [-0.4, -0.2) is 109 Å². The second-order valence-electron chi connectivity index (χ2n) is 16.2. The third-order valence-electron chi connectivity index (χ3n) is 11.5. The highest BCUT2D eigenvalue weighted by Gasteiger charge is 2.23. The lowest BCUT2D eigenvalue weighted by Crippen LogP contribution is -2.33. The predicted molar refractivity (Wildman–Crippen MR) is 249 cm³/mol. The molecule has 4 heterocycles. The number of carbonyl (C=O) groups excluding carboxylic acids is 5. The first-order valence-corrected chi connectivity index (χ1v) is 21.7. The molecule has 16 heteroatoms. The van der Waals surface area contributed by atoms with Gasteiger partial charge in [-0.3, -0.25) is 24.0 Å². The zero-order valence-electron chi connectivity index (χ0n) is 36.7. The molecule has 8 rings (SSSR count). The van der Waals surface area contributed by atoms with Crippen molar-refractivity contribution in [2.45, 2.75) is 25.7 Å². The molecule has 0 spiro atoms. The molecule has 0 bridgehead atoms. The van der Waals surface area contributed by atoms with Crippen molar-refractivity contribution in [3.05, 3.63) is 143 Å². The van der Waals surface area contributed by atoms with E-state index in [1.165, 1.54) is 29.4 Å². The number of aromatic carboxylic acids is 1. The molecular weight excluding hydrogens is 843 g/mol. The van der Waals surface area contributed by atoms with Gasteiger partial charge in [0, 0.05) is 82.7 Å². The molecule has 340 valence electrons. The van der Waals surface area contributed by atoms with Crippen molar-refractivity contribution in [1.82, 2.24) is 25.5 Å². The summed E-state index contributed by atoms with van der Waals surface area (Å²) in [6, 6.07) is 26.8. The molecule has 2 saturated heterocycles. The van der Waals surface area contributed by atoms with E-state index in [1.54, 1.807) is 80.8 Å². The van der Waals surface area contributed by atoms with Crippen molar-refractivity contribution in [2.24, 2.45) is 11.8 Å². The smallest absolute Gasteiger partial charge is 0.336 e. The monoisotopic (exact) mass is 893 g/mol. The Labute approximate surface area is 381 Å². The number of rotatable bonds is 12. The van der Waals surface area contributed by atoms with Crippen LogP contribution in [0.25, 0.3) is 21.5 Å². The molecule has 0 aliphatic carbocycles. The Kier molecular flexibility index (Phi) is 15.4. The zero-order chi connectivity index (χ0) is 46.6. The van der Waals surface area contributed by atoms with Crippen LogP contribution in [0.15, 0.2) is 109 Å². The van der Waals surface area contributed by atoms with E-state index in [1.807, 2.05) is 18.2 Å². The van der Waals surface area contributed by atoms with Crippen molar-refractivity contribution in [2.75, 3.05) is 64.2 Å². The maximum Gasteiger partial charge on any atom is 0.336 e. The van der Waals surface area contributed by atoms with E-state index >= 15 is 0 Å². The van der Waals surface area contributed by atoms with Crippen LogP contribution in [0.2, 0.25) is 0 Å². The summed E-state index contributed by atoms with van der Waals surface area (Å²) < 4.78 is 10.7. The number of hydrogen-bond donors (Lipinski definition) is 5. The number of carbonyl (C=O) groups is 6. The Morgan fingerprint density at radius 2 is 0.909 bits per heavy atom. The van der Waals surface area contributed by atoms with Gasteiger partial charge in [0.05, 0.1) is 16.9 Å². The van der Waals surface area contributed by atoms with Gasteiger partial charge in [-0.05, 0) is 108 Å². The van der Waals surface area contributed by atoms with Crippen LogP contribution in [0.1, 0.15) is 88.1 Å². The quantitative estimate of drug-likeness (QED) is 0.0872. The largest absolute Gasteiger partial charge is 0.478 e. The SMILES string of the molecule is CN(C)C(=O)c1ccc(C(=O)Nc2cccnc2C(=O)NCC2CCOCC2)c2ccccc12.O=C(NCC1CCOCC1)c1ncccc1NC(=O)c1ccc(C(=O)O)c2ccccc12. The number of carboxylic acid groups (broad SMARTS) is 1. The lowest BCUT2D eigenvalue weighted by molar-refractivity contribution is 0.0642. The minimum Gasteiger partial charge on any atom is -0.478 e. The minimum absolute atomic E-state index is 0.117. The summed E-state index contributed by atoms with van der Waals surface area (Å²) in [5.74, 6) is -2.01. The molecule has 6 aromatic rings. The topological polar surface area (TPSA) is 218 Å². The Bertz CT molecular complexity index is 2770. The first-order valence-electron chi connectivity index (χ1n) is 21.7. The Morgan fingerprint density at radius 3 is 1.32 bits per heavy atom.